The largest absolute Gasteiger partial charge is 0.511 e. The number of aromatic nitrogens is 1. The molecule has 1 aromatic heterocycles. The lowest BCUT2D eigenvalue weighted by Gasteiger charge is -2.36. The van der Waals surface area contributed by atoms with Gasteiger partial charge in [-0.1, -0.05) is 11.6 Å². The maximum Gasteiger partial charge on any atom is 0.511 e. The topological polar surface area (TPSA) is 101 Å². The number of ether oxygens (including phenoxy) is 2. The second-order valence-electron chi connectivity index (χ2n) is 9.71. The molecule has 5 rings (SSSR count). The van der Waals surface area contributed by atoms with E-state index in [0.717, 1.165) is 38.3 Å². The number of nitrogens with zero attached hydrogens (tertiary/aromatic N) is 3. The monoisotopic (exact) mass is 521 g/mol. The minimum atomic E-state index is -1.61. The zero-order chi connectivity index (χ0) is 25.6. The third kappa shape index (κ3) is 4.64. The zero-order valence-electron chi connectivity index (χ0n) is 20.0. The second-order valence-corrected chi connectivity index (χ2v) is 10.1. The molecule has 2 aliphatic heterocycles. The van der Waals surface area contributed by atoms with Gasteiger partial charge in [0.25, 0.3) is 0 Å². The Kier molecular flexibility index (Phi) is 6.82. The van der Waals surface area contributed by atoms with E-state index in [0.29, 0.717) is 44.1 Å². The molecule has 1 aliphatic carbocycles. The maximum absolute atomic E-state index is 15.6. The third-order valence-corrected chi connectivity index (χ3v) is 7.77. The molecule has 2 saturated heterocycles. The van der Waals surface area contributed by atoms with Crippen molar-refractivity contribution < 1.29 is 28.6 Å². The van der Waals surface area contributed by atoms with E-state index in [9.17, 15) is 14.4 Å². The maximum atomic E-state index is 15.6. The molecule has 11 heteroatoms. The molecule has 1 aromatic carbocycles. The van der Waals surface area contributed by atoms with E-state index in [4.69, 9.17) is 21.4 Å². The van der Waals surface area contributed by atoms with Gasteiger partial charge in [-0.3, -0.25) is 14.5 Å². The number of likely N-dealkylation sites (tertiary alicyclic amines) is 1. The molecule has 36 heavy (non-hydrogen) atoms. The molecule has 1 saturated carbocycles. The van der Waals surface area contributed by atoms with Crippen LogP contribution >= 0.6 is 11.6 Å². The van der Waals surface area contributed by atoms with E-state index < -0.39 is 17.4 Å². The van der Waals surface area contributed by atoms with E-state index in [-0.39, 0.29) is 39.9 Å². The highest BCUT2D eigenvalue weighted by molar-refractivity contribution is 6.38. The number of carbonyl (C=O) groups excluding carboxylic acids is 1. The van der Waals surface area contributed by atoms with Gasteiger partial charge in [-0.2, -0.15) is 0 Å². The second kappa shape index (κ2) is 9.89. The van der Waals surface area contributed by atoms with Gasteiger partial charge in [-0.15, -0.1) is 0 Å². The summed E-state index contributed by atoms with van der Waals surface area (Å²) in [7, 11) is 0. The summed E-state index contributed by atoms with van der Waals surface area (Å²) in [6.07, 6.45) is 3.77. The molecular weight excluding hydrogens is 493 g/mol. The van der Waals surface area contributed by atoms with E-state index >= 15 is 4.39 Å². The van der Waals surface area contributed by atoms with Gasteiger partial charge in [0.2, 0.25) is 5.43 Å². The van der Waals surface area contributed by atoms with Gasteiger partial charge in [0.15, 0.2) is 5.75 Å². The first-order chi connectivity index (χ1) is 17.3. The molecule has 2 atom stereocenters. The van der Waals surface area contributed by atoms with Crippen molar-refractivity contribution in [3.8, 4) is 5.75 Å². The normalized spacial score (nSPS) is 22.0. The van der Waals surface area contributed by atoms with Crippen molar-refractivity contribution in [1.29, 1.82) is 0 Å². The fraction of sp³-hybridized carbons (Fsp3) is 0.560. The van der Waals surface area contributed by atoms with Gasteiger partial charge in [0.05, 0.1) is 40.8 Å². The Morgan fingerprint density at radius 1 is 1.25 bits per heavy atom. The molecule has 0 radical (unpaired) electrons. The molecule has 9 nitrogen and oxygen atoms in total. The highest BCUT2D eigenvalue weighted by Gasteiger charge is 2.41. The molecule has 2 aromatic rings. The Morgan fingerprint density at radius 3 is 2.72 bits per heavy atom. The van der Waals surface area contributed by atoms with Gasteiger partial charge in [-0.25, -0.2) is 9.18 Å². The number of carbonyl (C=O) groups is 2. The number of hydrogen-bond donors (Lipinski definition) is 1. The van der Waals surface area contributed by atoms with Gasteiger partial charge in [0.1, 0.15) is 5.82 Å². The first kappa shape index (κ1) is 24.8. The van der Waals surface area contributed by atoms with Crippen molar-refractivity contribution in [3.63, 3.8) is 0 Å². The Hall–Kier alpha value is -2.85. The Labute approximate surface area is 212 Å². The number of anilines is 1. The van der Waals surface area contributed by atoms with Crippen LogP contribution in [0.15, 0.2) is 17.1 Å². The van der Waals surface area contributed by atoms with Crippen molar-refractivity contribution in [2.24, 2.45) is 5.92 Å². The SMILES string of the molecule is CCOC(=O)CCN1CCC[C@H]2CN(c3c(F)cc4c(=O)c(OC(=O)O)cn(C5CC5)c4c3Cl)C[C@H]21. The predicted molar refractivity (Wildman–Crippen MR) is 132 cm³/mol. The molecule has 0 unspecified atom stereocenters. The van der Waals surface area contributed by atoms with Crippen LogP contribution in [-0.2, 0) is 9.53 Å². The summed E-state index contributed by atoms with van der Waals surface area (Å²) in [4.78, 5) is 40.1. The summed E-state index contributed by atoms with van der Waals surface area (Å²) in [6, 6.07) is 1.35. The standard InChI is InChI=1S/C25H29ClFN3O6/c1-2-35-20(31)7-9-28-8-3-4-14-11-29(12-18(14)28)23-17(27)10-16-22(21(23)26)30(15-5-6-15)13-19(24(16)32)36-25(33)34/h10,13-15,18H,2-9,11-12H2,1H3,(H,33,34)/t14-,18+/m0/s1. The average molecular weight is 522 g/mol. The number of halogens is 2. The first-order valence-electron chi connectivity index (χ1n) is 12.4. The predicted octanol–water partition coefficient (Wildman–Crippen LogP) is 4.04. The fourth-order valence-corrected chi connectivity index (χ4v) is 6.12. The number of piperidine rings is 1. The Bertz CT molecular complexity index is 1260. The minimum Gasteiger partial charge on any atom is -0.466 e. The van der Waals surface area contributed by atoms with Gasteiger partial charge in [0, 0.05) is 31.7 Å². The molecule has 0 spiro atoms. The molecule has 1 N–H and O–H groups in total. The molecule has 3 heterocycles. The van der Waals surface area contributed by atoms with Crippen LogP contribution in [0.3, 0.4) is 0 Å². The molecule has 194 valence electrons. The van der Waals surface area contributed by atoms with Crippen LogP contribution in [0.2, 0.25) is 5.02 Å². The summed E-state index contributed by atoms with van der Waals surface area (Å²) in [5, 5.41) is 9.16. The number of hydrogen-bond acceptors (Lipinski definition) is 7. The van der Waals surface area contributed by atoms with Crippen LogP contribution in [0.5, 0.6) is 5.75 Å². The van der Waals surface area contributed by atoms with E-state index in [2.05, 4.69) is 9.64 Å². The molecular formula is C25H29ClFN3O6. The van der Waals surface area contributed by atoms with Crippen LogP contribution in [0.25, 0.3) is 10.9 Å². The summed E-state index contributed by atoms with van der Waals surface area (Å²) in [6.45, 7) is 4.79. The Morgan fingerprint density at radius 2 is 2.03 bits per heavy atom. The summed E-state index contributed by atoms with van der Waals surface area (Å²) >= 11 is 6.83. The van der Waals surface area contributed by atoms with Gasteiger partial charge in [-0.05, 0) is 51.1 Å². The molecule has 0 bridgehead atoms. The summed E-state index contributed by atoms with van der Waals surface area (Å²) in [5.41, 5.74) is -0.0613. The lowest BCUT2D eigenvalue weighted by molar-refractivity contribution is -0.143. The van der Waals surface area contributed by atoms with Crippen molar-refractivity contribution in [1.82, 2.24) is 9.47 Å². The highest BCUT2D eigenvalue weighted by Crippen LogP contribution is 2.44. The number of fused-ring (bicyclic) bond motifs is 2. The minimum absolute atomic E-state index is 0.000392. The van der Waals surface area contributed by atoms with Crippen molar-refractivity contribution in [2.45, 2.75) is 51.1 Å². The zero-order valence-corrected chi connectivity index (χ0v) is 20.8. The van der Waals surface area contributed by atoms with Crippen LogP contribution < -0.4 is 15.1 Å². The number of pyridine rings is 1. The average Bonchev–Trinajstić information content (AvgIpc) is 3.58. The summed E-state index contributed by atoms with van der Waals surface area (Å²) in [5.74, 6) is -0.905. The van der Waals surface area contributed by atoms with Crippen molar-refractivity contribution in [2.75, 3.05) is 37.7 Å². The van der Waals surface area contributed by atoms with Crippen LogP contribution in [-0.4, -0.2) is 65.5 Å². The van der Waals surface area contributed by atoms with E-state index in [1.807, 2.05) is 4.90 Å². The van der Waals surface area contributed by atoms with Gasteiger partial charge < -0.3 is 24.0 Å². The lowest BCUT2D eigenvalue weighted by Crippen LogP contribution is -2.46. The van der Waals surface area contributed by atoms with E-state index in [1.165, 1.54) is 6.20 Å². The third-order valence-electron chi connectivity index (χ3n) is 7.41. The van der Waals surface area contributed by atoms with Crippen LogP contribution in [0.1, 0.15) is 45.1 Å². The molecule has 0 amide bonds. The van der Waals surface area contributed by atoms with Crippen LogP contribution in [0.4, 0.5) is 14.9 Å². The quantitative estimate of drug-likeness (QED) is 0.545. The first-order valence-corrected chi connectivity index (χ1v) is 12.8. The smallest absolute Gasteiger partial charge is 0.466 e. The number of rotatable bonds is 7. The van der Waals surface area contributed by atoms with Crippen molar-refractivity contribution >= 4 is 40.3 Å². The highest BCUT2D eigenvalue weighted by atomic mass is 35.5. The van der Waals surface area contributed by atoms with Gasteiger partial charge >= 0.3 is 12.1 Å². The molecule has 3 fully saturated rings. The summed E-state index contributed by atoms with van der Waals surface area (Å²) < 4.78 is 27.1. The lowest BCUT2D eigenvalue weighted by atomic mass is 9.92. The number of benzene rings is 1. The molecule has 3 aliphatic rings. The fourth-order valence-electron chi connectivity index (χ4n) is 5.71. The Balaban J connectivity index is 1.48. The number of carboxylic acid groups (broad SMARTS) is 1. The number of esters is 1. The van der Waals surface area contributed by atoms with Crippen LogP contribution in [0, 0.1) is 11.7 Å². The van der Waals surface area contributed by atoms with E-state index in [1.54, 1.807) is 11.5 Å². The van der Waals surface area contributed by atoms with Crippen molar-refractivity contribution in [3.05, 3.63) is 33.3 Å².